The molecule has 0 heterocycles. The number of nitrogens with one attached hydrogen (secondary N) is 1. The van der Waals surface area contributed by atoms with Gasteiger partial charge >= 0.3 is 5.97 Å². The number of hydrogen-bond donors (Lipinski definition) is 3. The minimum Gasteiger partial charge on any atom is -0.480 e. The lowest BCUT2D eigenvalue weighted by molar-refractivity contribution is -0.142. The quantitative estimate of drug-likeness (QED) is 0.566. The highest BCUT2D eigenvalue weighted by Crippen LogP contribution is 2.05. The Morgan fingerprint density at radius 1 is 1.35 bits per heavy atom. The maximum Gasteiger partial charge on any atom is 0.326 e. The smallest absolute Gasteiger partial charge is 0.326 e. The van der Waals surface area contributed by atoms with Crippen molar-refractivity contribution in [1.29, 1.82) is 0 Å². The Morgan fingerprint density at radius 3 is 2.47 bits per heavy atom. The van der Waals surface area contributed by atoms with Gasteiger partial charge in [0.2, 0.25) is 5.91 Å². The SMILES string of the molecule is CCCCC(NC(=O)CCC(C)CN)C(=O)O. The van der Waals surface area contributed by atoms with Crippen molar-refractivity contribution in [3.8, 4) is 0 Å². The molecule has 0 radical (unpaired) electrons. The molecule has 0 fully saturated rings. The molecule has 0 saturated heterocycles. The van der Waals surface area contributed by atoms with Crippen molar-refractivity contribution in [2.24, 2.45) is 11.7 Å². The molecule has 0 aliphatic carbocycles. The van der Waals surface area contributed by atoms with Crippen LogP contribution in [-0.2, 0) is 9.59 Å². The molecule has 0 aromatic rings. The second-order valence-corrected chi connectivity index (χ2v) is 4.48. The lowest BCUT2D eigenvalue weighted by Gasteiger charge is -2.15. The van der Waals surface area contributed by atoms with Gasteiger partial charge in [0.15, 0.2) is 0 Å². The first-order chi connectivity index (χ1) is 8.01. The zero-order valence-corrected chi connectivity index (χ0v) is 10.7. The van der Waals surface area contributed by atoms with Crippen LogP contribution in [0.2, 0.25) is 0 Å². The zero-order valence-electron chi connectivity index (χ0n) is 10.7. The molecule has 0 rings (SSSR count). The summed E-state index contributed by atoms with van der Waals surface area (Å²) in [6, 6.07) is -0.754. The predicted molar refractivity (Wildman–Crippen MR) is 66.5 cm³/mol. The first-order valence-electron chi connectivity index (χ1n) is 6.23. The summed E-state index contributed by atoms with van der Waals surface area (Å²) in [5.41, 5.74) is 5.45. The van der Waals surface area contributed by atoms with Crippen molar-refractivity contribution >= 4 is 11.9 Å². The molecular formula is C12H24N2O3. The van der Waals surface area contributed by atoms with E-state index in [4.69, 9.17) is 10.8 Å². The van der Waals surface area contributed by atoms with E-state index in [1.165, 1.54) is 0 Å². The van der Waals surface area contributed by atoms with Gasteiger partial charge in [-0.15, -0.1) is 0 Å². The van der Waals surface area contributed by atoms with E-state index in [1.807, 2.05) is 13.8 Å². The van der Waals surface area contributed by atoms with Gasteiger partial charge < -0.3 is 16.2 Å². The Balaban J connectivity index is 3.99. The topological polar surface area (TPSA) is 92.4 Å². The van der Waals surface area contributed by atoms with Crippen molar-refractivity contribution in [2.75, 3.05) is 6.54 Å². The second-order valence-electron chi connectivity index (χ2n) is 4.48. The van der Waals surface area contributed by atoms with Crippen LogP contribution in [0, 0.1) is 5.92 Å². The van der Waals surface area contributed by atoms with Crippen LogP contribution in [0.15, 0.2) is 0 Å². The maximum atomic E-state index is 11.5. The van der Waals surface area contributed by atoms with Crippen LogP contribution in [0.4, 0.5) is 0 Å². The Labute approximate surface area is 103 Å². The summed E-state index contributed by atoms with van der Waals surface area (Å²) in [6.07, 6.45) is 3.25. The Bertz CT molecular complexity index is 244. The summed E-state index contributed by atoms with van der Waals surface area (Å²) in [6.45, 7) is 4.51. The number of amides is 1. The van der Waals surface area contributed by atoms with Gasteiger partial charge in [-0.2, -0.15) is 0 Å². The van der Waals surface area contributed by atoms with Gasteiger partial charge in [0.05, 0.1) is 0 Å². The van der Waals surface area contributed by atoms with E-state index in [2.05, 4.69) is 5.32 Å². The van der Waals surface area contributed by atoms with E-state index in [1.54, 1.807) is 0 Å². The molecule has 4 N–H and O–H groups in total. The molecule has 100 valence electrons. The second kappa shape index (κ2) is 8.98. The minimum atomic E-state index is -0.960. The van der Waals surface area contributed by atoms with Crippen LogP contribution >= 0.6 is 0 Å². The summed E-state index contributed by atoms with van der Waals surface area (Å²) < 4.78 is 0. The summed E-state index contributed by atoms with van der Waals surface area (Å²) in [5, 5.41) is 11.5. The fraction of sp³-hybridized carbons (Fsp3) is 0.833. The standard InChI is InChI=1S/C12H24N2O3/c1-3-4-5-10(12(16)17)14-11(15)7-6-9(2)8-13/h9-10H,3-8,13H2,1-2H3,(H,14,15)(H,16,17). The monoisotopic (exact) mass is 244 g/mol. The largest absolute Gasteiger partial charge is 0.480 e. The van der Waals surface area contributed by atoms with Gasteiger partial charge in [-0.3, -0.25) is 4.79 Å². The molecule has 5 nitrogen and oxygen atoms in total. The first-order valence-corrected chi connectivity index (χ1v) is 6.23. The van der Waals surface area contributed by atoms with Crippen LogP contribution in [0.25, 0.3) is 0 Å². The Kier molecular flexibility index (Phi) is 8.40. The summed E-state index contributed by atoms with van der Waals surface area (Å²) >= 11 is 0. The molecule has 0 spiro atoms. The highest BCUT2D eigenvalue weighted by molar-refractivity contribution is 5.83. The van der Waals surface area contributed by atoms with E-state index >= 15 is 0 Å². The van der Waals surface area contributed by atoms with Gasteiger partial charge in [0.1, 0.15) is 6.04 Å². The first kappa shape index (κ1) is 15.9. The van der Waals surface area contributed by atoms with Gasteiger partial charge in [-0.1, -0.05) is 26.7 Å². The van der Waals surface area contributed by atoms with Crippen LogP contribution < -0.4 is 11.1 Å². The number of aliphatic carboxylic acids is 1. The molecule has 0 aliphatic heterocycles. The van der Waals surface area contributed by atoms with Gasteiger partial charge in [-0.25, -0.2) is 4.79 Å². The van der Waals surface area contributed by atoms with Crippen molar-refractivity contribution < 1.29 is 14.7 Å². The summed E-state index contributed by atoms with van der Waals surface area (Å²) in [4.78, 5) is 22.4. The van der Waals surface area contributed by atoms with Crippen LogP contribution in [0.5, 0.6) is 0 Å². The molecule has 5 heteroatoms. The molecule has 2 unspecified atom stereocenters. The third-order valence-corrected chi connectivity index (χ3v) is 2.75. The molecular weight excluding hydrogens is 220 g/mol. The molecule has 0 bridgehead atoms. The molecule has 2 atom stereocenters. The number of carboxylic acids is 1. The third-order valence-electron chi connectivity index (χ3n) is 2.75. The average Bonchev–Trinajstić information content (AvgIpc) is 2.30. The van der Waals surface area contributed by atoms with E-state index in [0.717, 1.165) is 12.8 Å². The number of nitrogens with two attached hydrogens (primary N) is 1. The number of carbonyl (C=O) groups is 2. The number of unbranched alkanes of at least 4 members (excludes halogenated alkanes) is 1. The zero-order chi connectivity index (χ0) is 13.3. The normalized spacial score (nSPS) is 14.1. The maximum absolute atomic E-state index is 11.5. The fourth-order valence-electron chi connectivity index (χ4n) is 1.43. The Morgan fingerprint density at radius 2 is 2.00 bits per heavy atom. The molecule has 0 aromatic carbocycles. The predicted octanol–water partition coefficient (Wildman–Crippen LogP) is 1.12. The van der Waals surface area contributed by atoms with Gasteiger partial charge in [0.25, 0.3) is 0 Å². The third kappa shape index (κ3) is 7.74. The van der Waals surface area contributed by atoms with Gasteiger partial charge in [0, 0.05) is 6.42 Å². The van der Waals surface area contributed by atoms with Crippen LogP contribution in [-0.4, -0.2) is 29.6 Å². The highest BCUT2D eigenvalue weighted by Gasteiger charge is 2.19. The molecule has 1 amide bonds. The molecule has 17 heavy (non-hydrogen) atoms. The van der Waals surface area contributed by atoms with Crippen LogP contribution in [0.1, 0.15) is 46.0 Å². The fourth-order valence-corrected chi connectivity index (χ4v) is 1.43. The van der Waals surface area contributed by atoms with E-state index in [9.17, 15) is 9.59 Å². The van der Waals surface area contributed by atoms with Crippen molar-refractivity contribution in [1.82, 2.24) is 5.32 Å². The molecule has 0 aromatic heterocycles. The van der Waals surface area contributed by atoms with Crippen molar-refractivity contribution in [3.05, 3.63) is 0 Å². The molecule has 0 saturated carbocycles. The van der Waals surface area contributed by atoms with E-state index in [-0.39, 0.29) is 5.91 Å². The average molecular weight is 244 g/mol. The number of hydrogen-bond acceptors (Lipinski definition) is 3. The minimum absolute atomic E-state index is 0.200. The number of carboxylic acid groups (broad SMARTS) is 1. The number of carbonyl (C=O) groups excluding carboxylic acids is 1. The van der Waals surface area contributed by atoms with E-state index < -0.39 is 12.0 Å². The summed E-state index contributed by atoms with van der Waals surface area (Å²) in [7, 11) is 0. The lowest BCUT2D eigenvalue weighted by atomic mass is 10.1. The van der Waals surface area contributed by atoms with Crippen molar-refractivity contribution in [2.45, 2.75) is 52.0 Å². The van der Waals surface area contributed by atoms with Gasteiger partial charge in [-0.05, 0) is 25.3 Å². The lowest BCUT2D eigenvalue weighted by Crippen LogP contribution is -2.40. The highest BCUT2D eigenvalue weighted by atomic mass is 16.4. The van der Waals surface area contributed by atoms with Crippen LogP contribution in [0.3, 0.4) is 0 Å². The molecule has 0 aliphatic rings. The summed E-state index contributed by atoms with van der Waals surface area (Å²) in [5.74, 6) is -0.868. The van der Waals surface area contributed by atoms with E-state index in [0.29, 0.717) is 31.7 Å². The van der Waals surface area contributed by atoms with Crippen molar-refractivity contribution in [3.63, 3.8) is 0 Å². The number of rotatable bonds is 9. The Hall–Kier alpha value is -1.10.